The minimum absolute atomic E-state index is 0.0883. The van der Waals surface area contributed by atoms with Gasteiger partial charge in [-0.2, -0.15) is 0 Å². The van der Waals surface area contributed by atoms with Gasteiger partial charge in [0.1, 0.15) is 18.6 Å². The fraction of sp³-hybridized carbons (Fsp3) is 0.385. The molecular weight excluding hydrogens is 258 g/mol. The summed E-state index contributed by atoms with van der Waals surface area (Å²) in [5.41, 5.74) is 1.01. The summed E-state index contributed by atoms with van der Waals surface area (Å²) >= 11 is 0. The van der Waals surface area contributed by atoms with Gasteiger partial charge in [-0.3, -0.25) is 4.79 Å². The van der Waals surface area contributed by atoms with Gasteiger partial charge in [-0.05, 0) is 42.0 Å². The van der Waals surface area contributed by atoms with Crippen molar-refractivity contribution >= 4 is 5.91 Å². The van der Waals surface area contributed by atoms with Crippen LogP contribution in [-0.2, 0) is 11.3 Å². The van der Waals surface area contributed by atoms with E-state index >= 15 is 0 Å². The third kappa shape index (κ3) is 3.78. The number of carbonyl (C=O) groups is 1. The van der Waals surface area contributed by atoms with Gasteiger partial charge in [-0.15, -0.1) is 5.10 Å². The summed E-state index contributed by atoms with van der Waals surface area (Å²) < 4.78 is 6.75. The number of nitrogens with zero attached hydrogens (tertiary/aromatic N) is 4. The highest BCUT2D eigenvalue weighted by Crippen LogP contribution is 2.17. The SMILES string of the molecule is CCOc1ccc([C@@H](C)NC(=O)Cn2cnnn2)cc1. The molecule has 0 fully saturated rings. The Morgan fingerprint density at radius 2 is 2.15 bits per heavy atom. The largest absolute Gasteiger partial charge is 0.494 e. The standard InChI is InChI=1S/C13H17N5O2/c1-3-20-12-6-4-11(5-7-12)10(2)15-13(19)8-18-9-14-16-17-18/h4-7,9-10H,3,8H2,1-2H3,(H,15,19)/t10-/m1/s1. The molecule has 1 aromatic heterocycles. The minimum atomic E-state index is -0.140. The van der Waals surface area contributed by atoms with Crippen LogP contribution in [0.5, 0.6) is 5.75 Å². The Kier molecular flexibility index (Phi) is 4.65. The van der Waals surface area contributed by atoms with Crippen LogP contribution in [0.15, 0.2) is 30.6 Å². The Morgan fingerprint density at radius 1 is 1.40 bits per heavy atom. The van der Waals surface area contributed by atoms with Crippen LogP contribution in [0.1, 0.15) is 25.5 Å². The topological polar surface area (TPSA) is 81.9 Å². The highest BCUT2D eigenvalue weighted by atomic mass is 16.5. The highest BCUT2D eigenvalue weighted by Gasteiger charge is 2.10. The van der Waals surface area contributed by atoms with Gasteiger partial charge in [-0.25, -0.2) is 4.68 Å². The molecule has 1 N–H and O–H groups in total. The molecule has 0 aliphatic heterocycles. The second-order valence-electron chi connectivity index (χ2n) is 4.30. The van der Waals surface area contributed by atoms with Crippen molar-refractivity contribution in [1.82, 2.24) is 25.5 Å². The van der Waals surface area contributed by atoms with Gasteiger partial charge in [0, 0.05) is 0 Å². The number of ether oxygens (including phenoxy) is 1. The normalized spacial score (nSPS) is 11.9. The molecule has 1 atom stereocenters. The number of hydrogen-bond donors (Lipinski definition) is 1. The molecule has 0 aliphatic carbocycles. The minimum Gasteiger partial charge on any atom is -0.494 e. The van der Waals surface area contributed by atoms with E-state index in [4.69, 9.17) is 4.74 Å². The van der Waals surface area contributed by atoms with E-state index in [-0.39, 0.29) is 18.5 Å². The molecule has 0 saturated carbocycles. The van der Waals surface area contributed by atoms with Crippen molar-refractivity contribution < 1.29 is 9.53 Å². The Bertz CT molecular complexity index is 538. The maximum atomic E-state index is 11.8. The van der Waals surface area contributed by atoms with Crippen LogP contribution >= 0.6 is 0 Å². The molecule has 0 spiro atoms. The molecule has 0 bridgehead atoms. The molecule has 0 saturated heterocycles. The van der Waals surface area contributed by atoms with Gasteiger partial charge in [0.15, 0.2) is 0 Å². The average molecular weight is 275 g/mol. The molecule has 7 nitrogen and oxygen atoms in total. The van der Waals surface area contributed by atoms with Crippen LogP contribution in [0.3, 0.4) is 0 Å². The number of tetrazole rings is 1. The monoisotopic (exact) mass is 275 g/mol. The molecule has 0 unspecified atom stereocenters. The van der Waals surface area contributed by atoms with Crippen molar-refractivity contribution in [3.05, 3.63) is 36.2 Å². The lowest BCUT2D eigenvalue weighted by atomic mass is 10.1. The van der Waals surface area contributed by atoms with E-state index in [1.54, 1.807) is 0 Å². The van der Waals surface area contributed by atoms with Crippen LogP contribution in [0.2, 0.25) is 0 Å². The van der Waals surface area contributed by atoms with E-state index in [0.717, 1.165) is 11.3 Å². The molecule has 20 heavy (non-hydrogen) atoms. The Balaban J connectivity index is 1.90. The number of benzene rings is 1. The third-order valence-corrected chi connectivity index (χ3v) is 2.77. The number of nitrogens with one attached hydrogen (secondary N) is 1. The Labute approximate surface area is 116 Å². The zero-order valence-electron chi connectivity index (χ0n) is 11.5. The Morgan fingerprint density at radius 3 is 2.75 bits per heavy atom. The zero-order chi connectivity index (χ0) is 14.4. The molecule has 2 rings (SSSR count). The van der Waals surface area contributed by atoms with Crippen LogP contribution in [0.25, 0.3) is 0 Å². The number of carbonyl (C=O) groups excluding carboxylic acids is 1. The first-order valence-electron chi connectivity index (χ1n) is 6.42. The predicted octanol–water partition coefficient (Wildman–Crippen LogP) is 0.949. The summed E-state index contributed by atoms with van der Waals surface area (Å²) in [6.07, 6.45) is 1.40. The molecule has 2 aromatic rings. The maximum Gasteiger partial charge on any atom is 0.242 e. The van der Waals surface area contributed by atoms with Crippen molar-refractivity contribution in [1.29, 1.82) is 0 Å². The van der Waals surface area contributed by atoms with Gasteiger partial charge in [0.05, 0.1) is 12.6 Å². The van der Waals surface area contributed by atoms with Gasteiger partial charge in [0.2, 0.25) is 5.91 Å². The molecule has 106 valence electrons. The number of amides is 1. The van der Waals surface area contributed by atoms with Crippen molar-refractivity contribution in [2.24, 2.45) is 0 Å². The molecule has 0 radical (unpaired) electrons. The lowest BCUT2D eigenvalue weighted by Crippen LogP contribution is -2.30. The molecule has 7 heteroatoms. The lowest BCUT2D eigenvalue weighted by molar-refractivity contribution is -0.122. The Hall–Kier alpha value is -2.44. The average Bonchev–Trinajstić information content (AvgIpc) is 2.92. The van der Waals surface area contributed by atoms with Crippen LogP contribution in [0, 0.1) is 0 Å². The van der Waals surface area contributed by atoms with Gasteiger partial charge in [-0.1, -0.05) is 12.1 Å². The highest BCUT2D eigenvalue weighted by molar-refractivity contribution is 5.76. The van der Waals surface area contributed by atoms with Crippen LogP contribution < -0.4 is 10.1 Å². The fourth-order valence-corrected chi connectivity index (χ4v) is 1.79. The van der Waals surface area contributed by atoms with E-state index in [1.165, 1.54) is 11.0 Å². The summed E-state index contributed by atoms with van der Waals surface area (Å²) in [4.78, 5) is 11.8. The number of aromatic nitrogens is 4. The van der Waals surface area contributed by atoms with E-state index in [9.17, 15) is 4.79 Å². The fourth-order valence-electron chi connectivity index (χ4n) is 1.79. The second-order valence-corrected chi connectivity index (χ2v) is 4.30. The summed E-state index contributed by atoms with van der Waals surface area (Å²) in [5.74, 6) is 0.683. The molecular formula is C13H17N5O2. The summed E-state index contributed by atoms with van der Waals surface area (Å²) in [6, 6.07) is 7.57. The summed E-state index contributed by atoms with van der Waals surface area (Å²) in [5, 5.41) is 13.5. The molecule has 1 heterocycles. The van der Waals surface area contributed by atoms with Crippen LogP contribution in [-0.4, -0.2) is 32.7 Å². The van der Waals surface area contributed by atoms with E-state index in [2.05, 4.69) is 20.8 Å². The quantitative estimate of drug-likeness (QED) is 0.848. The number of rotatable bonds is 6. The van der Waals surface area contributed by atoms with E-state index in [0.29, 0.717) is 6.61 Å². The molecule has 0 aliphatic rings. The van der Waals surface area contributed by atoms with Gasteiger partial charge < -0.3 is 10.1 Å². The van der Waals surface area contributed by atoms with E-state index < -0.39 is 0 Å². The van der Waals surface area contributed by atoms with Gasteiger partial charge in [0.25, 0.3) is 0 Å². The van der Waals surface area contributed by atoms with Crippen molar-refractivity contribution in [3.8, 4) is 5.75 Å². The molecule has 1 amide bonds. The van der Waals surface area contributed by atoms with Crippen molar-refractivity contribution in [3.63, 3.8) is 0 Å². The smallest absolute Gasteiger partial charge is 0.242 e. The molecule has 1 aromatic carbocycles. The van der Waals surface area contributed by atoms with Gasteiger partial charge >= 0.3 is 0 Å². The van der Waals surface area contributed by atoms with E-state index in [1.807, 2.05) is 38.1 Å². The first-order chi connectivity index (χ1) is 9.69. The number of hydrogen-bond acceptors (Lipinski definition) is 5. The van der Waals surface area contributed by atoms with Crippen molar-refractivity contribution in [2.45, 2.75) is 26.4 Å². The lowest BCUT2D eigenvalue weighted by Gasteiger charge is -2.14. The summed E-state index contributed by atoms with van der Waals surface area (Å²) in [6.45, 7) is 4.61. The first-order valence-corrected chi connectivity index (χ1v) is 6.42. The second kappa shape index (κ2) is 6.65. The van der Waals surface area contributed by atoms with Crippen molar-refractivity contribution in [2.75, 3.05) is 6.61 Å². The third-order valence-electron chi connectivity index (χ3n) is 2.77. The summed E-state index contributed by atoms with van der Waals surface area (Å²) in [7, 11) is 0. The van der Waals surface area contributed by atoms with Crippen LogP contribution in [0.4, 0.5) is 0 Å². The maximum absolute atomic E-state index is 11.8. The predicted molar refractivity (Wildman–Crippen MR) is 72.0 cm³/mol. The zero-order valence-corrected chi connectivity index (χ0v) is 11.5. The first kappa shape index (κ1) is 14.0.